The number of aromatic hydroxyl groups is 1. The van der Waals surface area contributed by atoms with E-state index in [1.54, 1.807) is 12.1 Å². The van der Waals surface area contributed by atoms with Gasteiger partial charge in [0.2, 0.25) is 0 Å². The Morgan fingerprint density at radius 1 is 1.27 bits per heavy atom. The van der Waals surface area contributed by atoms with Crippen LogP contribution >= 0.6 is 11.3 Å². The van der Waals surface area contributed by atoms with Crippen LogP contribution in [-0.4, -0.2) is 22.6 Å². The van der Waals surface area contributed by atoms with Gasteiger partial charge in [-0.1, -0.05) is 17.4 Å². The van der Waals surface area contributed by atoms with Crippen LogP contribution in [0.4, 0.5) is 0 Å². The molecule has 0 fully saturated rings. The van der Waals surface area contributed by atoms with E-state index in [9.17, 15) is 19.5 Å². The van der Waals surface area contributed by atoms with Crippen molar-refractivity contribution >= 4 is 33.0 Å². The molecule has 0 aliphatic heterocycles. The van der Waals surface area contributed by atoms with Gasteiger partial charge in [-0.15, -0.1) is 0 Å². The molecule has 3 rings (SSSR count). The van der Waals surface area contributed by atoms with Crippen molar-refractivity contribution in [2.24, 2.45) is 0 Å². The van der Waals surface area contributed by atoms with Gasteiger partial charge in [0.25, 0.3) is 10.3 Å². The zero-order valence-corrected chi connectivity index (χ0v) is 12.6. The van der Waals surface area contributed by atoms with Crippen molar-refractivity contribution in [2.45, 2.75) is 6.92 Å². The Morgan fingerprint density at radius 3 is 2.68 bits per heavy atom. The van der Waals surface area contributed by atoms with Crippen molar-refractivity contribution < 1.29 is 14.6 Å². The normalized spacial score (nSPS) is 11.0. The van der Waals surface area contributed by atoms with Crippen molar-refractivity contribution in [1.29, 1.82) is 0 Å². The van der Waals surface area contributed by atoms with Crippen LogP contribution in [0.1, 0.15) is 15.9 Å². The number of benzene rings is 1. The van der Waals surface area contributed by atoms with Gasteiger partial charge in [0.15, 0.2) is 0 Å². The van der Waals surface area contributed by atoms with Gasteiger partial charge in [-0.3, -0.25) is 14.0 Å². The Labute approximate surface area is 127 Å². The molecule has 22 heavy (non-hydrogen) atoms. The number of carbonyl (C=O) groups is 1. The number of rotatable bonds is 1. The summed E-state index contributed by atoms with van der Waals surface area (Å²) in [7, 11) is 1.14. The fraction of sp³-hybridized carbons (Fsp3) is 0.133. The summed E-state index contributed by atoms with van der Waals surface area (Å²) in [5, 5.41) is 9.89. The maximum atomic E-state index is 12.4. The molecule has 0 aliphatic rings. The average molecular weight is 317 g/mol. The van der Waals surface area contributed by atoms with Gasteiger partial charge in [0, 0.05) is 6.07 Å². The number of fused-ring (bicyclic) bond motifs is 3. The van der Waals surface area contributed by atoms with Crippen LogP contribution in [0.5, 0.6) is 5.75 Å². The zero-order valence-electron chi connectivity index (χ0n) is 11.7. The van der Waals surface area contributed by atoms with Gasteiger partial charge in [-0.2, -0.15) is 0 Å². The van der Waals surface area contributed by atoms with Gasteiger partial charge in [0.05, 0.1) is 17.3 Å². The summed E-state index contributed by atoms with van der Waals surface area (Å²) in [6, 6.07) is 6.23. The standard InChI is InChI=1S/C15H11NO5S/c1-7-3-4-10-8(5-7)16-11(18)6-9(17)12(14(19)21-2)13(16)15(20)22-10/h3-6,17H,1-2H3. The first-order chi connectivity index (χ1) is 10.4. The lowest BCUT2D eigenvalue weighted by Gasteiger charge is -2.10. The fourth-order valence-corrected chi connectivity index (χ4v) is 3.25. The van der Waals surface area contributed by atoms with E-state index in [1.807, 2.05) is 13.0 Å². The highest BCUT2D eigenvalue weighted by molar-refractivity contribution is 7.16. The van der Waals surface area contributed by atoms with Gasteiger partial charge in [0.1, 0.15) is 16.8 Å². The summed E-state index contributed by atoms with van der Waals surface area (Å²) in [6.07, 6.45) is 0. The molecule has 0 amide bonds. The van der Waals surface area contributed by atoms with Crippen molar-refractivity contribution in [3.63, 3.8) is 0 Å². The number of nitrogens with zero attached hydrogens (tertiary/aromatic N) is 1. The van der Waals surface area contributed by atoms with E-state index < -0.39 is 22.0 Å². The van der Waals surface area contributed by atoms with Gasteiger partial charge in [-0.25, -0.2) is 4.79 Å². The summed E-state index contributed by atoms with van der Waals surface area (Å²) in [5.74, 6) is -1.43. The third-order valence-corrected chi connectivity index (χ3v) is 4.28. The van der Waals surface area contributed by atoms with Crippen molar-refractivity contribution in [3.8, 4) is 5.75 Å². The quantitative estimate of drug-likeness (QED) is 0.545. The summed E-state index contributed by atoms with van der Waals surface area (Å²) in [6.45, 7) is 1.85. The predicted octanol–water partition coefficient (Wildman–Crippen LogP) is 1.68. The van der Waals surface area contributed by atoms with Gasteiger partial charge < -0.3 is 9.84 Å². The molecule has 0 aliphatic carbocycles. The fourth-order valence-electron chi connectivity index (χ4n) is 2.37. The second-order valence-corrected chi connectivity index (χ2v) is 5.79. The second-order valence-electron chi connectivity index (χ2n) is 4.78. The van der Waals surface area contributed by atoms with E-state index in [0.717, 1.165) is 34.5 Å². The minimum atomic E-state index is -0.869. The first-order valence-corrected chi connectivity index (χ1v) is 7.16. The van der Waals surface area contributed by atoms with Crippen LogP contribution in [-0.2, 0) is 4.74 Å². The predicted molar refractivity (Wildman–Crippen MR) is 83.1 cm³/mol. The van der Waals surface area contributed by atoms with Gasteiger partial charge >= 0.3 is 5.97 Å². The Hall–Kier alpha value is -2.67. The lowest BCUT2D eigenvalue weighted by Crippen LogP contribution is -2.22. The molecule has 0 saturated heterocycles. The monoisotopic (exact) mass is 317 g/mol. The number of ether oxygens (including phenoxy) is 1. The molecule has 0 radical (unpaired) electrons. The maximum Gasteiger partial charge on any atom is 0.343 e. The van der Waals surface area contributed by atoms with Crippen molar-refractivity contribution in [3.05, 3.63) is 55.3 Å². The molecule has 2 heterocycles. The first-order valence-electron chi connectivity index (χ1n) is 6.34. The van der Waals surface area contributed by atoms with Crippen LogP contribution in [0, 0.1) is 6.92 Å². The number of esters is 1. The molecule has 0 bridgehead atoms. The summed E-state index contributed by atoms with van der Waals surface area (Å²) < 4.78 is 5.87. The van der Waals surface area contributed by atoms with E-state index >= 15 is 0 Å². The number of hydrogen-bond acceptors (Lipinski definition) is 6. The van der Waals surface area contributed by atoms with E-state index in [-0.39, 0.29) is 11.1 Å². The SMILES string of the molecule is COC(=O)c1c(O)cc(=O)n2c1c(=O)sc1ccc(C)cc12. The van der Waals surface area contributed by atoms with E-state index in [4.69, 9.17) is 0 Å². The minimum absolute atomic E-state index is 0.167. The average Bonchev–Trinajstić information content (AvgIpc) is 2.47. The molecule has 2 aromatic heterocycles. The highest BCUT2D eigenvalue weighted by Gasteiger charge is 2.22. The van der Waals surface area contributed by atoms with E-state index in [0.29, 0.717) is 10.2 Å². The van der Waals surface area contributed by atoms with Crippen LogP contribution in [0.2, 0.25) is 0 Å². The molecule has 112 valence electrons. The van der Waals surface area contributed by atoms with Crippen LogP contribution in [0.15, 0.2) is 33.9 Å². The molecule has 7 heteroatoms. The first kappa shape index (κ1) is 14.3. The largest absolute Gasteiger partial charge is 0.507 e. The van der Waals surface area contributed by atoms with Crippen LogP contribution in [0.3, 0.4) is 0 Å². The molecule has 0 spiro atoms. The number of carbonyl (C=O) groups excluding carboxylic acids is 1. The number of aryl methyl sites for hydroxylation is 1. The Kier molecular flexibility index (Phi) is 3.22. The van der Waals surface area contributed by atoms with Crippen molar-refractivity contribution in [2.75, 3.05) is 7.11 Å². The lowest BCUT2D eigenvalue weighted by molar-refractivity contribution is 0.0599. The minimum Gasteiger partial charge on any atom is -0.507 e. The highest BCUT2D eigenvalue weighted by Crippen LogP contribution is 2.24. The molecule has 0 saturated carbocycles. The molecule has 1 aromatic carbocycles. The number of aromatic nitrogens is 1. The topological polar surface area (TPSA) is 85.1 Å². The third kappa shape index (κ3) is 1.98. The molecular formula is C15H11NO5S. The van der Waals surface area contributed by atoms with E-state index in [2.05, 4.69) is 4.74 Å². The molecular weight excluding hydrogens is 306 g/mol. The Morgan fingerprint density at radius 2 is 2.00 bits per heavy atom. The molecule has 1 N–H and O–H groups in total. The summed E-state index contributed by atoms with van der Waals surface area (Å²) in [4.78, 5) is 36.5. The molecule has 0 atom stereocenters. The Bertz CT molecular complexity index is 1050. The number of hydrogen-bond donors (Lipinski definition) is 1. The molecule has 0 unspecified atom stereocenters. The summed E-state index contributed by atoms with van der Waals surface area (Å²) >= 11 is 0.905. The second kappa shape index (κ2) is 4.96. The van der Waals surface area contributed by atoms with Crippen LogP contribution in [0.25, 0.3) is 15.7 Å². The van der Waals surface area contributed by atoms with Crippen molar-refractivity contribution in [1.82, 2.24) is 4.40 Å². The van der Waals surface area contributed by atoms with E-state index in [1.165, 1.54) is 0 Å². The highest BCUT2D eigenvalue weighted by atomic mass is 32.1. The molecule has 6 nitrogen and oxygen atoms in total. The third-order valence-electron chi connectivity index (χ3n) is 3.34. The van der Waals surface area contributed by atoms with Gasteiger partial charge in [-0.05, 0) is 24.6 Å². The number of methoxy groups -OCH3 is 1. The zero-order chi connectivity index (χ0) is 16.0. The smallest absolute Gasteiger partial charge is 0.343 e. The Balaban J connectivity index is 2.69. The maximum absolute atomic E-state index is 12.4. The summed E-state index contributed by atoms with van der Waals surface area (Å²) in [5.41, 5.74) is 0.362. The number of pyridine rings is 1. The lowest BCUT2D eigenvalue weighted by atomic mass is 10.2. The van der Waals surface area contributed by atoms with Crippen LogP contribution < -0.4 is 10.3 Å². The molecule has 3 aromatic rings.